The Labute approximate surface area is 107 Å². The van der Waals surface area contributed by atoms with Gasteiger partial charge in [-0.25, -0.2) is 0 Å². The summed E-state index contributed by atoms with van der Waals surface area (Å²) >= 11 is 12.0. The van der Waals surface area contributed by atoms with E-state index in [1.807, 2.05) is 19.1 Å². The Morgan fingerprint density at radius 2 is 1.88 bits per heavy atom. The maximum Gasteiger partial charge on any atom is 0.0431 e. The average Bonchev–Trinajstić information content (AvgIpc) is 2.22. The molecule has 86 valence electrons. The van der Waals surface area contributed by atoms with E-state index in [1.165, 1.54) is 0 Å². The predicted molar refractivity (Wildman–Crippen MR) is 70.9 cm³/mol. The van der Waals surface area contributed by atoms with Gasteiger partial charge in [-0.1, -0.05) is 30.1 Å². The van der Waals surface area contributed by atoms with Crippen LogP contribution in [0.3, 0.4) is 0 Å². The third kappa shape index (κ3) is 4.06. The summed E-state index contributed by atoms with van der Waals surface area (Å²) in [5, 5.41) is 4.69. The lowest BCUT2D eigenvalue weighted by Gasteiger charge is -2.16. The molecule has 0 saturated carbocycles. The Balaban J connectivity index is 2.93. The number of nitrogens with one attached hydrogen (secondary N) is 1. The maximum absolute atomic E-state index is 5.98. The minimum Gasteiger partial charge on any atom is -0.309 e. The van der Waals surface area contributed by atoms with Gasteiger partial charge in [0.05, 0.1) is 0 Å². The van der Waals surface area contributed by atoms with Gasteiger partial charge in [-0.2, -0.15) is 0 Å². The molecule has 0 amide bonds. The van der Waals surface area contributed by atoms with Crippen LogP contribution >= 0.6 is 23.2 Å². The summed E-state index contributed by atoms with van der Waals surface area (Å²) in [5.41, 5.74) is 1.09. The van der Waals surface area contributed by atoms with Crippen LogP contribution in [0.5, 0.6) is 0 Å². The fourth-order valence-electron chi connectivity index (χ4n) is 1.53. The highest BCUT2D eigenvalue weighted by molar-refractivity contribution is 6.34. The number of hydrogen-bond acceptors (Lipinski definition) is 1. The first-order chi connectivity index (χ1) is 7.67. The van der Waals surface area contributed by atoms with Crippen LogP contribution in [0.4, 0.5) is 0 Å². The summed E-state index contributed by atoms with van der Waals surface area (Å²) in [5.74, 6) is 5.97. The Morgan fingerprint density at radius 3 is 2.38 bits per heavy atom. The van der Waals surface area contributed by atoms with Crippen molar-refractivity contribution in [3.63, 3.8) is 0 Å². The molecule has 0 aromatic heterocycles. The zero-order chi connectivity index (χ0) is 12.0. The van der Waals surface area contributed by atoms with Crippen molar-refractivity contribution in [3.8, 4) is 11.8 Å². The molecule has 0 spiro atoms. The highest BCUT2D eigenvalue weighted by atomic mass is 35.5. The van der Waals surface area contributed by atoms with Gasteiger partial charge in [0.25, 0.3) is 0 Å². The van der Waals surface area contributed by atoms with Crippen molar-refractivity contribution in [2.75, 3.05) is 6.54 Å². The number of hydrogen-bond donors (Lipinski definition) is 1. The summed E-state index contributed by atoms with van der Waals surface area (Å²) in [6.07, 6.45) is 0.765. The van der Waals surface area contributed by atoms with Crippen LogP contribution in [0.1, 0.15) is 31.9 Å². The minimum absolute atomic E-state index is 0.189. The molecule has 0 saturated heterocycles. The molecule has 1 N–H and O–H groups in total. The van der Waals surface area contributed by atoms with Gasteiger partial charge in [0, 0.05) is 22.5 Å². The highest BCUT2D eigenvalue weighted by Gasteiger charge is 2.10. The molecule has 0 aliphatic heterocycles. The third-order valence-corrected chi connectivity index (χ3v) is 2.66. The Hall–Kier alpha value is -0.680. The van der Waals surface area contributed by atoms with E-state index in [-0.39, 0.29) is 6.04 Å². The highest BCUT2D eigenvalue weighted by Crippen LogP contribution is 2.25. The van der Waals surface area contributed by atoms with Gasteiger partial charge in [-0.3, -0.25) is 0 Å². The van der Waals surface area contributed by atoms with Crippen molar-refractivity contribution in [2.24, 2.45) is 0 Å². The summed E-state index contributed by atoms with van der Waals surface area (Å²) in [4.78, 5) is 0. The second-order valence-corrected chi connectivity index (χ2v) is 4.32. The number of rotatable bonds is 4. The van der Waals surface area contributed by atoms with Crippen molar-refractivity contribution in [3.05, 3.63) is 33.8 Å². The second kappa shape index (κ2) is 6.81. The average molecular weight is 256 g/mol. The molecule has 1 nitrogen and oxygen atoms in total. The summed E-state index contributed by atoms with van der Waals surface area (Å²) in [7, 11) is 0. The summed E-state index contributed by atoms with van der Waals surface area (Å²) < 4.78 is 0. The zero-order valence-corrected chi connectivity index (χ0v) is 11.0. The maximum atomic E-state index is 5.98. The minimum atomic E-state index is 0.189. The van der Waals surface area contributed by atoms with Crippen LogP contribution in [0.15, 0.2) is 18.2 Å². The summed E-state index contributed by atoms with van der Waals surface area (Å²) in [6.45, 7) is 4.80. The molecule has 0 fully saturated rings. The van der Waals surface area contributed by atoms with Crippen LogP contribution in [-0.2, 0) is 0 Å². The molecule has 1 unspecified atom stereocenters. The van der Waals surface area contributed by atoms with Crippen LogP contribution in [0.25, 0.3) is 0 Å². The first kappa shape index (κ1) is 13.4. The normalized spacial score (nSPS) is 11.8. The van der Waals surface area contributed by atoms with Crippen LogP contribution in [0.2, 0.25) is 10.0 Å². The Morgan fingerprint density at radius 1 is 1.25 bits per heavy atom. The van der Waals surface area contributed by atoms with E-state index in [9.17, 15) is 0 Å². The molecule has 3 heteroatoms. The molecular formula is C13H15Cl2N. The topological polar surface area (TPSA) is 12.0 Å². The first-order valence-corrected chi connectivity index (χ1v) is 6.02. The van der Waals surface area contributed by atoms with E-state index in [2.05, 4.69) is 24.1 Å². The van der Waals surface area contributed by atoms with Crippen LogP contribution < -0.4 is 5.32 Å². The van der Waals surface area contributed by atoms with Crippen molar-refractivity contribution < 1.29 is 0 Å². The Kier molecular flexibility index (Phi) is 5.69. The molecule has 1 aromatic rings. The van der Waals surface area contributed by atoms with Gasteiger partial charge in [-0.15, -0.1) is 11.8 Å². The third-order valence-electron chi connectivity index (χ3n) is 2.22. The first-order valence-electron chi connectivity index (χ1n) is 5.26. The van der Waals surface area contributed by atoms with Crippen molar-refractivity contribution in [2.45, 2.75) is 26.3 Å². The van der Waals surface area contributed by atoms with E-state index >= 15 is 0 Å². The van der Waals surface area contributed by atoms with Crippen molar-refractivity contribution in [1.29, 1.82) is 0 Å². The Bertz CT molecular complexity index is 384. The van der Waals surface area contributed by atoms with Crippen molar-refractivity contribution in [1.82, 2.24) is 5.32 Å². The fourth-order valence-corrected chi connectivity index (χ4v) is 2.08. The molecule has 1 aromatic carbocycles. The molecule has 16 heavy (non-hydrogen) atoms. The predicted octanol–water partition coefficient (Wildman–Crippen LogP) is 4.06. The van der Waals surface area contributed by atoms with E-state index in [1.54, 1.807) is 6.07 Å². The van der Waals surface area contributed by atoms with Gasteiger partial charge in [0.2, 0.25) is 0 Å². The standard InChI is InChI=1S/C13H15Cl2N/c1-3-5-6-13(16-4-2)10-7-11(14)9-12(15)8-10/h7-9,13,16H,4,6H2,1-2H3. The van der Waals surface area contributed by atoms with Gasteiger partial charge >= 0.3 is 0 Å². The van der Waals surface area contributed by atoms with Gasteiger partial charge in [-0.05, 0) is 37.2 Å². The summed E-state index contributed by atoms with van der Waals surface area (Å²) in [6, 6.07) is 5.78. The monoisotopic (exact) mass is 255 g/mol. The molecule has 0 bridgehead atoms. The number of halogens is 2. The van der Waals surface area contributed by atoms with E-state index in [0.29, 0.717) is 10.0 Å². The van der Waals surface area contributed by atoms with E-state index in [4.69, 9.17) is 23.2 Å². The van der Waals surface area contributed by atoms with Crippen LogP contribution in [0, 0.1) is 11.8 Å². The lowest BCUT2D eigenvalue weighted by atomic mass is 10.0. The van der Waals surface area contributed by atoms with Gasteiger partial charge < -0.3 is 5.32 Å². The molecular weight excluding hydrogens is 241 g/mol. The molecule has 1 atom stereocenters. The molecule has 1 rings (SSSR count). The lowest BCUT2D eigenvalue weighted by Crippen LogP contribution is -2.20. The quantitative estimate of drug-likeness (QED) is 0.801. The molecule has 0 radical (unpaired) electrons. The zero-order valence-electron chi connectivity index (χ0n) is 9.48. The second-order valence-electron chi connectivity index (χ2n) is 3.44. The van der Waals surface area contributed by atoms with Crippen LogP contribution in [-0.4, -0.2) is 6.54 Å². The number of benzene rings is 1. The van der Waals surface area contributed by atoms with Gasteiger partial charge in [0.15, 0.2) is 0 Å². The van der Waals surface area contributed by atoms with E-state index < -0.39 is 0 Å². The van der Waals surface area contributed by atoms with E-state index in [0.717, 1.165) is 18.5 Å². The van der Waals surface area contributed by atoms with Gasteiger partial charge in [0.1, 0.15) is 0 Å². The molecule has 0 aliphatic carbocycles. The SMILES string of the molecule is CC#CCC(NCC)c1cc(Cl)cc(Cl)c1. The molecule has 0 aliphatic rings. The fraction of sp³-hybridized carbons (Fsp3) is 0.385. The lowest BCUT2D eigenvalue weighted by molar-refractivity contribution is 0.565. The van der Waals surface area contributed by atoms with Crippen molar-refractivity contribution >= 4 is 23.2 Å². The smallest absolute Gasteiger partial charge is 0.0431 e. The largest absolute Gasteiger partial charge is 0.309 e. The molecule has 0 heterocycles.